The summed E-state index contributed by atoms with van der Waals surface area (Å²) < 4.78 is 13.9. The lowest BCUT2D eigenvalue weighted by Gasteiger charge is -2.29. The lowest BCUT2D eigenvalue weighted by Crippen LogP contribution is -2.36. The van der Waals surface area contributed by atoms with Gasteiger partial charge in [-0.15, -0.1) is 12.4 Å². The van der Waals surface area contributed by atoms with Crippen LogP contribution in [0.15, 0.2) is 18.2 Å². The van der Waals surface area contributed by atoms with E-state index in [1.54, 1.807) is 6.07 Å². The average Bonchev–Trinajstić information content (AvgIpc) is 2.31. The molecule has 110 valence electrons. The summed E-state index contributed by atoms with van der Waals surface area (Å²) in [4.78, 5) is 2.14. The first kappa shape index (κ1) is 18.4. The molecule has 0 spiro atoms. The molecule has 0 aliphatic heterocycles. The van der Waals surface area contributed by atoms with Crippen LogP contribution >= 0.6 is 12.4 Å². The summed E-state index contributed by atoms with van der Waals surface area (Å²) in [6.45, 7) is 8.45. The Morgan fingerprint density at radius 2 is 1.95 bits per heavy atom. The Hall–Kier alpha value is -0.640. The fraction of sp³-hybridized carbons (Fsp3) is 0.600. The summed E-state index contributed by atoms with van der Waals surface area (Å²) in [6, 6.07) is 5.32. The van der Waals surface area contributed by atoms with Crippen LogP contribution in [0.1, 0.15) is 31.9 Å². The normalized spacial score (nSPS) is 11.5. The minimum atomic E-state index is -0.105. The molecule has 0 aliphatic rings. The largest absolute Gasteiger partial charge is 0.330 e. The Morgan fingerprint density at radius 1 is 1.32 bits per heavy atom. The highest BCUT2D eigenvalue weighted by molar-refractivity contribution is 5.85. The standard InChI is InChI=1S/C15H25FN2.ClH/c1-5-12-7-6-8-14(16)13(12)9-18(4)11-15(2,3)10-17;/h6-8H,5,9-11,17H2,1-4H3;1H. The molecule has 19 heavy (non-hydrogen) atoms. The smallest absolute Gasteiger partial charge is 0.127 e. The van der Waals surface area contributed by atoms with Gasteiger partial charge in [0.2, 0.25) is 0 Å². The number of halogens is 2. The van der Waals surface area contributed by atoms with Crippen LogP contribution in [0.25, 0.3) is 0 Å². The molecule has 0 saturated heterocycles. The summed E-state index contributed by atoms with van der Waals surface area (Å²) in [5.74, 6) is -0.105. The second-order valence-corrected chi connectivity index (χ2v) is 5.77. The molecule has 0 radical (unpaired) electrons. The lowest BCUT2D eigenvalue weighted by molar-refractivity contribution is 0.207. The van der Waals surface area contributed by atoms with Gasteiger partial charge in [-0.3, -0.25) is 0 Å². The van der Waals surface area contributed by atoms with E-state index in [2.05, 4.69) is 25.7 Å². The number of nitrogens with zero attached hydrogens (tertiary/aromatic N) is 1. The first-order chi connectivity index (χ1) is 8.39. The molecule has 0 amide bonds. The van der Waals surface area contributed by atoms with Crippen LogP contribution in [-0.4, -0.2) is 25.0 Å². The van der Waals surface area contributed by atoms with Crippen molar-refractivity contribution in [3.8, 4) is 0 Å². The molecule has 2 N–H and O–H groups in total. The molecule has 0 saturated carbocycles. The van der Waals surface area contributed by atoms with Gasteiger partial charge in [-0.2, -0.15) is 0 Å². The van der Waals surface area contributed by atoms with E-state index in [4.69, 9.17) is 5.73 Å². The molecule has 0 atom stereocenters. The minimum absolute atomic E-state index is 0. The maximum atomic E-state index is 13.9. The van der Waals surface area contributed by atoms with Crippen molar-refractivity contribution in [1.29, 1.82) is 0 Å². The Labute approximate surface area is 122 Å². The molecule has 0 aromatic heterocycles. The first-order valence-electron chi connectivity index (χ1n) is 6.54. The number of rotatable bonds is 6. The monoisotopic (exact) mass is 288 g/mol. The fourth-order valence-corrected chi connectivity index (χ4v) is 2.23. The predicted octanol–water partition coefficient (Wildman–Crippen LogP) is 3.23. The van der Waals surface area contributed by atoms with Crippen LogP contribution < -0.4 is 5.73 Å². The third kappa shape index (κ3) is 5.47. The predicted molar refractivity (Wildman–Crippen MR) is 82.2 cm³/mol. The third-order valence-corrected chi connectivity index (χ3v) is 3.28. The second kappa shape index (κ2) is 7.83. The van der Waals surface area contributed by atoms with Gasteiger partial charge in [-0.25, -0.2) is 4.39 Å². The fourth-order valence-electron chi connectivity index (χ4n) is 2.23. The Bertz CT molecular complexity index is 394. The summed E-state index contributed by atoms with van der Waals surface area (Å²) in [5.41, 5.74) is 7.70. The maximum absolute atomic E-state index is 13.9. The van der Waals surface area contributed by atoms with Crippen molar-refractivity contribution < 1.29 is 4.39 Å². The van der Waals surface area contributed by atoms with Gasteiger partial charge >= 0.3 is 0 Å². The highest BCUT2D eigenvalue weighted by atomic mass is 35.5. The number of aryl methyl sites for hydroxylation is 1. The minimum Gasteiger partial charge on any atom is -0.330 e. The quantitative estimate of drug-likeness (QED) is 0.871. The Balaban J connectivity index is 0.00000324. The van der Waals surface area contributed by atoms with E-state index in [1.807, 2.05) is 13.1 Å². The molecule has 1 rings (SSSR count). The van der Waals surface area contributed by atoms with Crippen molar-refractivity contribution in [3.05, 3.63) is 35.1 Å². The van der Waals surface area contributed by atoms with Crippen LogP contribution in [0.4, 0.5) is 4.39 Å². The Kier molecular flexibility index (Phi) is 7.57. The van der Waals surface area contributed by atoms with E-state index < -0.39 is 0 Å². The molecule has 0 unspecified atom stereocenters. The highest BCUT2D eigenvalue weighted by Gasteiger charge is 2.19. The zero-order valence-corrected chi connectivity index (χ0v) is 13.2. The second-order valence-electron chi connectivity index (χ2n) is 5.77. The van der Waals surface area contributed by atoms with Crippen molar-refractivity contribution in [3.63, 3.8) is 0 Å². The number of hydrogen-bond donors (Lipinski definition) is 1. The van der Waals surface area contributed by atoms with Gasteiger partial charge in [0.05, 0.1) is 0 Å². The van der Waals surface area contributed by atoms with Crippen LogP contribution in [-0.2, 0) is 13.0 Å². The molecule has 0 aliphatic carbocycles. The lowest BCUT2D eigenvalue weighted by atomic mass is 9.93. The van der Waals surface area contributed by atoms with Crippen molar-refractivity contribution in [1.82, 2.24) is 4.90 Å². The molecular weight excluding hydrogens is 263 g/mol. The van der Waals surface area contributed by atoms with Crippen LogP contribution in [0.2, 0.25) is 0 Å². The van der Waals surface area contributed by atoms with Gasteiger partial charge in [-0.05, 0) is 37.1 Å². The molecule has 1 aromatic rings. The van der Waals surface area contributed by atoms with Gasteiger partial charge in [0.1, 0.15) is 5.82 Å². The van der Waals surface area contributed by atoms with E-state index in [1.165, 1.54) is 6.07 Å². The van der Waals surface area contributed by atoms with E-state index in [-0.39, 0.29) is 23.6 Å². The van der Waals surface area contributed by atoms with Crippen molar-refractivity contribution in [2.45, 2.75) is 33.7 Å². The third-order valence-electron chi connectivity index (χ3n) is 3.28. The summed E-state index contributed by atoms with van der Waals surface area (Å²) >= 11 is 0. The molecule has 2 nitrogen and oxygen atoms in total. The zero-order valence-electron chi connectivity index (χ0n) is 12.4. The van der Waals surface area contributed by atoms with Crippen molar-refractivity contribution in [2.24, 2.45) is 11.1 Å². The first-order valence-corrected chi connectivity index (χ1v) is 6.54. The maximum Gasteiger partial charge on any atom is 0.127 e. The Morgan fingerprint density at radius 3 is 2.47 bits per heavy atom. The summed E-state index contributed by atoms with van der Waals surface area (Å²) in [5, 5.41) is 0. The van der Waals surface area contributed by atoms with Crippen molar-refractivity contribution >= 4 is 12.4 Å². The summed E-state index contributed by atoms with van der Waals surface area (Å²) in [7, 11) is 2.02. The van der Waals surface area contributed by atoms with Crippen molar-refractivity contribution in [2.75, 3.05) is 20.1 Å². The van der Waals surface area contributed by atoms with Crippen LogP contribution in [0.3, 0.4) is 0 Å². The molecular formula is C15H26ClFN2. The SMILES string of the molecule is CCc1cccc(F)c1CN(C)CC(C)(C)CN.Cl. The van der Waals surface area contributed by atoms with Crippen LogP contribution in [0, 0.1) is 11.2 Å². The average molecular weight is 289 g/mol. The number of benzene rings is 1. The van der Waals surface area contributed by atoms with Crippen LogP contribution in [0.5, 0.6) is 0 Å². The molecule has 0 fully saturated rings. The summed E-state index contributed by atoms with van der Waals surface area (Å²) in [6.07, 6.45) is 0.862. The molecule has 0 heterocycles. The zero-order chi connectivity index (χ0) is 13.8. The van der Waals surface area contributed by atoms with E-state index in [9.17, 15) is 4.39 Å². The number of nitrogens with two attached hydrogens (primary N) is 1. The molecule has 0 bridgehead atoms. The van der Waals surface area contributed by atoms with Gasteiger partial charge < -0.3 is 10.6 Å². The topological polar surface area (TPSA) is 29.3 Å². The number of hydrogen-bond acceptors (Lipinski definition) is 2. The molecule has 1 aromatic carbocycles. The van der Waals surface area contributed by atoms with Gasteiger partial charge in [0.25, 0.3) is 0 Å². The van der Waals surface area contributed by atoms with Gasteiger partial charge in [0, 0.05) is 18.7 Å². The highest BCUT2D eigenvalue weighted by Crippen LogP contribution is 2.19. The van der Waals surface area contributed by atoms with Gasteiger partial charge in [0.15, 0.2) is 0 Å². The van der Waals surface area contributed by atoms with Gasteiger partial charge in [-0.1, -0.05) is 32.9 Å². The molecule has 4 heteroatoms. The van der Waals surface area contributed by atoms with E-state index in [0.29, 0.717) is 13.1 Å². The van der Waals surface area contributed by atoms with E-state index in [0.717, 1.165) is 24.1 Å². The van der Waals surface area contributed by atoms with E-state index >= 15 is 0 Å².